The van der Waals surface area contributed by atoms with Gasteiger partial charge in [0.2, 0.25) is 0 Å². The summed E-state index contributed by atoms with van der Waals surface area (Å²) >= 11 is 0. The highest BCUT2D eigenvalue weighted by atomic mass is 14.8. The van der Waals surface area contributed by atoms with Crippen LogP contribution in [0.2, 0.25) is 0 Å². The molecule has 0 N–H and O–H groups in total. The van der Waals surface area contributed by atoms with Crippen molar-refractivity contribution in [2.45, 2.75) is 20.8 Å². The topological polar surface area (TPSA) is 50.5 Å². The maximum absolute atomic E-state index is 5.11. The van der Waals surface area contributed by atoms with Gasteiger partial charge in [-0.05, 0) is 68.8 Å². The highest BCUT2D eigenvalue weighted by Crippen LogP contribution is 2.37. The first-order chi connectivity index (χ1) is 15.1. The van der Waals surface area contributed by atoms with Gasteiger partial charge in [-0.3, -0.25) is 9.97 Å². The largest absolute Gasteiger partial charge is 0.251 e. The van der Waals surface area contributed by atoms with E-state index in [0.717, 1.165) is 61.6 Å². The molecule has 31 heavy (non-hydrogen) atoms. The maximum atomic E-state index is 5.11. The van der Waals surface area contributed by atoms with E-state index in [2.05, 4.69) is 19.1 Å². The van der Waals surface area contributed by atoms with Crippen molar-refractivity contribution in [2.75, 3.05) is 0 Å². The number of para-hydroxylation sites is 1. The first-order valence-corrected chi connectivity index (χ1v) is 10.3. The van der Waals surface area contributed by atoms with Gasteiger partial charge in [0.15, 0.2) is 0 Å². The van der Waals surface area contributed by atoms with E-state index in [0.29, 0.717) is 0 Å². The van der Waals surface area contributed by atoms with Crippen molar-refractivity contribution < 1.29 is 0 Å². The zero-order chi connectivity index (χ0) is 21.4. The van der Waals surface area contributed by atoms with Crippen molar-refractivity contribution in [3.8, 4) is 0 Å². The number of hydrogen-bond donors (Lipinski definition) is 0. The third-order valence-electron chi connectivity index (χ3n) is 5.43. The molecule has 0 unspecified atom stereocenters. The van der Waals surface area contributed by atoms with Crippen LogP contribution < -0.4 is 0 Å². The van der Waals surface area contributed by atoms with Gasteiger partial charge in [0.25, 0.3) is 0 Å². The Morgan fingerprint density at radius 1 is 0.613 bits per heavy atom. The van der Waals surface area contributed by atoms with E-state index < -0.39 is 0 Å². The Kier molecular flexibility index (Phi) is 4.75. The third-order valence-corrected chi connectivity index (χ3v) is 5.43. The van der Waals surface area contributed by atoms with Gasteiger partial charge < -0.3 is 0 Å². The first kappa shape index (κ1) is 19.1. The highest BCUT2D eigenvalue weighted by molar-refractivity contribution is 6.52. The standard InChI is InChI=1S/C27H22N4/c1-17-13-15-21-19(3)25(22-16-14-18(2)29-27(22)26(21)28-17)31-24-12-8-7-11-23(24)30-20-9-5-4-6-10-20/h4-16H,1-3H3/b30-23+,31-24-. The maximum Gasteiger partial charge on any atom is 0.0989 e. The smallest absolute Gasteiger partial charge is 0.0989 e. The number of allylic oxidation sites excluding steroid dienone is 4. The van der Waals surface area contributed by atoms with Gasteiger partial charge in [-0.15, -0.1) is 0 Å². The first-order valence-electron chi connectivity index (χ1n) is 10.3. The Morgan fingerprint density at radius 3 is 1.87 bits per heavy atom. The van der Waals surface area contributed by atoms with Gasteiger partial charge >= 0.3 is 0 Å². The summed E-state index contributed by atoms with van der Waals surface area (Å²) < 4.78 is 0. The lowest BCUT2D eigenvalue weighted by atomic mass is 10.0. The molecular formula is C27H22N4. The van der Waals surface area contributed by atoms with Crippen LogP contribution in [-0.4, -0.2) is 21.4 Å². The van der Waals surface area contributed by atoms with Crippen molar-refractivity contribution in [2.24, 2.45) is 9.98 Å². The van der Waals surface area contributed by atoms with Crippen LogP contribution in [0.1, 0.15) is 17.0 Å². The quantitative estimate of drug-likeness (QED) is 0.277. The SMILES string of the molecule is Cc1ccc2c(C)c(/N=C3/C=CC=C/C3=N\c3ccccc3)c3ccc(C)nc3c2n1. The summed E-state index contributed by atoms with van der Waals surface area (Å²) in [5, 5.41) is 2.08. The molecule has 0 fully saturated rings. The van der Waals surface area contributed by atoms with E-state index in [1.807, 2.05) is 80.6 Å². The van der Waals surface area contributed by atoms with Gasteiger partial charge in [0.05, 0.1) is 33.8 Å². The number of rotatable bonds is 2. The molecular weight excluding hydrogens is 380 g/mol. The number of fused-ring (bicyclic) bond motifs is 3. The molecule has 1 aliphatic carbocycles. The van der Waals surface area contributed by atoms with E-state index in [1.54, 1.807) is 0 Å². The molecule has 0 saturated carbocycles. The fraction of sp³-hybridized carbons (Fsp3) is 0.111. The zero-order valence-corrected chi connectivity index (χ0v) is 17.8. The molecule has 0 radical (unpaired) electrons. The minimum absolute atomic E-state index is 0.829. The molecule has 4 heteroatoms. The molecule has 1 aliphatic rings. The highest BCUT2D eigenvalue weighted by Gasteiger charge is 2.16. The number of nitrogens with zero attached hydrogens (tertiary/aromatic N) is 4. The lowest BCUT2D eigenvalue weighted by Gasteiger charge is -2.13. The molecule has 2 aromatic heterocycles. The minimum atomic E-state index is 0.829. The van der Waals surface area contributed by atoms with Crippen molar-refractivity contribution >= 4 is 44.6 Å². The van der Waals surface area contributed by atoms with Gasteiger partial charge in [-0.1, -0.05) is 36.4 Å². The van der Waals surface area contributed by atoms with Crippen molar-refractivity contribution in [1.82, 2.24) is 9.97 Å². The molecule has 2 aromatic carbocycles. The number of pyridine rings is 2. The summed E-state index contributed by atoms with van der Waals surface area (Å²) in [5.74, 6) is 0. The fourth-order valence-corrected chi connectivity index (χ4v) is 3.86. The van der Waals surface area contributed by atoms with E-state index in [-0.39, 0.29) is 0 Å². The Balaban J connectivity index is 1.78. The monoisotopic (exact) mass is 402 g/mol. The molecule has 0 amide bonds. The Hall–Kier alpha value is -3.92. The third kappa shape index (κ3) is 3.57. The summed E-state index contributed by atoms with van der Waals surface area (Å²) in [4.78, 5) is 19.6. The molecule has 0 spiro atoms. The van der Waals surface area contributed by atoms with E-state index >= 15 is 0 Å². The zero-order valence-electron chi connectivity index (χ0n) is 17.8. The van der Waals surface area contributed by atoms with Gasteiger partial charge in [-0.25, -0.2) is 9.98 Å². The number of aromatic nitrogens is 2. The van der Waals surface area contributed by atoms with Crippen LogP contribution in [0.5, 0.6) is 0 Å². The van der Waals surface area contributed by atoms with Crippen molar-refractivity contribution in [3.63, 3.8) is 0 Å². The molecule has 0 bridgehead atoms. The van der Waals surface area contributed by atoms with Gasteiger partial charge in [-0.2, -0.15) is 0 Å². The van der Waals surface area contributed by atoms with Gasteiger partial charge in [0, 0.05) is 22.2 Å². The van der Waals surface area contributed by atoms with Crippen LogP contribution in [0.3, 0.4) is 0 Å². The van der Waals surface area contributed by atoms with E-state index in [9.17, 15) is 0 Å². The van der Waals surface area contributed by atoms with E-state index in [4.69, 9.17) is 20.0 Å². The van der Waals surface area contributed by atoms with Crippen LogP contribution in [0, 0.1) is 20.8 Å². The van der Waals surface area contributed by atoms with Crippen LogP contribution in [0.25, 0.3) is 21.8 Å². The molecule has 5 rings (SSSR count). The Morgan fingerprint density at radius 2 is 1.19 bits per heavy atom. The number of aryl methyl sites for hydroxylation is 3. The molecule has 4 aromatic rings. The summed E-state index contributed by atoms with van der Waals surface area (Å²) in [6.45, 7) is 6.12. The molecule has 4 nitrogen and oxygen atoms in total. The molecule has 0 aliphatic heterocycles. The average molecular weight is 403 g/mol. The second-order valence-electron chi connectivity index (χ2n) is 7.72. The molecule has 0 saturated heterocycles. The van der Waals surface area contributed by atoms with Gasteiger partial charge in [0.1, 0.15) is 0 Å². The number of aliphatic imine (C=N–C) groups is 2. The second-order valence-corrected chi connectivity index (χ2v) is 7.72. The van der Waals surface area contributed by atoms with E-state index in [1.165, 1.54) is 0 Å². The summed E-state index contributed by atoms with van der Waals surface area (Å²) in [5.41, 5.74) is 8.34. The molecule has 150 valence electrons. The van der Waals surface area contributed by atoms with Crippen LogP contribution in [-0.2, 0) is 0 Å². The summed E-state index contributed by atoms with van der Waals surface area (Å²) in [6.07, 6.45) is 7.99. The van der Waals surface area contributed by atoms with Crippen LogP contribution >= 0.6 is 0 Å². The predicted molar refractivity (Wildman–Crippen MR) is 130 cm³/mol. The van der Waals surface area contributed by atoms with Crippen LogP contribution in [0.15, 0.2) is 88.9 Å². The van der Waals surface area contributed by atoms with Crippen molar-refractivity contribution in [3.05, 3.63) is 95.9 Å². The summed E-state index contributed by atoms with van der Waals surface area (Å²) in [7, 11) is 0. The van der Waals surface area contributed by atoms with Crippen molar-refractivity contribution in [1.29, 1.82) is 0 Å². The molecule has 2 heterocycles. The lowest BCUT2D eigenvalue weighted by Crippen LogP contribution is -2.11. The average Bonchev–Trinajstić information content (AvgIpc) is 2.78. The molecule has 0 atom stereocenters. The predicted octanol–water partition coefficient (Wildman–Crippen LogP) is 6.68. The normalized spacial score (nSPS) is 16.1. The summed E-state index contributed by atoms with van der Waals surface area (Å²) in [6, 6.07) is 18.2. The van der Waals surface area contributed by atoms with Crippen LogP contribution in [0.4, 0.5) is 11.4 Å². The second kappa shape index (κ2) is 7.73. The minimum Gasteiger partial charge on any atom is -0.251 e. The Bertz CT molecular complexity index is 1440. The Labute approximate surface area is 181 Å². The number of hydrogen-bond acceptors (Lipinski definition) is 4. The lowest BCUT2D eigenvalue weighted by molar-refractivity contribution is 1.22. The fourth-order valence-electron chi connectivity index (χ4n) is 3.86. The number of benzene rings is 2.